The second-order valence-electron chi connectivity index (χ2n) is 7.84. The molecule has 7 heteroatoms. The van der Waals surface area contributed by atoms with Crippen LogP contribution >= 0.6 is 0 Å². The van der Waals surface area contributed by atoms with Crippen LogP contribution in [0.25, 0.3) is 0 Å². The highest BCUT2D eigenvalue weighted by Gasteiger charge is 2.25. The van der Waals surface area contributed by atoms with Gasteiger partial charge in [0.2, 0.25) is 5.91 Å². The average Bonchev–Trinajstić information content (AvgIpc) is 3.16. The van der Waals surface area contributed by atoms with E-state index in [1.807, 2.05) is 41.0 Å². The van der Waals surface area contributed by atoms with Crippen molar-refractivity contribution in [3.8, 4) is 0 Å². The molecule has 0 unspecified atom stereocenters. The molecule has 1 atom stereocenters. The van der Waals surface area contributed by atoms with Gasteiger partial charge in [0.05, 0.1) is 0 Å². The van der Waals surface area contributed by atoms with E-state index < -0.39 is 0 Å². The van der Waals surface area contributed by atoms with E-state index in [4.69, 9.17) is 0 Å². The Balaban J connectivity index is 1.51. The number of amides is 4. The number of hydrogen-bond acceptors (Lipinski definition) is 3. The van der Waals surface area contributed by atoms with Gasteiger partial charge < -0.3 is 20.4 Å². The van der Waals surface area contributed by atoms with Crippen LogP contribution in [0.4, 0.5) is 4.79 Å². The van der Waals surface area contributed by atoms with Crippen LogP contribution < -0.4 is 10.6 Å². The van der Waals surface area contributed by atoms with Crippen molar-refractivity contribution in [1.82, 2.24) is 20.4 Å². The Bertz CT molecular complexity index is 737. The van der Waals surface area contributed by atoms with Crippen molar-refractivity contribution in [2.75, 3.05) is 39.3 Å². The number of benzene rings is 1. The lowest BCUT2D eigenvalue weighted by molar-refractivity contribution is -0.127. The van der Waals surface area contributed by atoms with Gasteiger partial charge in [0.25, 0.3) is 5.91 Å². The van der Waals surface area contributed by atoms with Crippen molar-refractivity contribution in [2.45, 2.75) is 44.9 Å². The smallest absolute Gasteiger partial charge is 0.317 e. The Morgan fingerprint density at radius 1 is 1.17 bits per heavy atom. The van der Waals surface area contributed by atoms with Crippen LogP contribution in [0.5, 0.6) is 0 Å². The number of carbonyl (C=O) groups is 3. The maximum atomic E-state index is 12.5. The Labute approximate surface area is 172 Å². The van der Waals surface area contributed by atoms with E-state index in [-0.39, 0.29) is 23.8 Å². The van der Waals surface area contributed by atoms with Crippen molar-refractivity contribution in [3.05, 3.63) is 35.4 Å². The molecule has 158 valence electrons. The third-order valence-electron chi connectivity index (χ3n) is 5.72. The van der Waals surface area contributed by atoms with Crippen molar-refractivity contribution >= 4 is 17.8 Å². The molecule has 2 aliphatic rings. The number of nitrogens with zero attached hydrogens (tertiary/aromatic N) is 2. The van der Waals surface area contributed by atoms with Crippen LogP contribution in [0, 0.1) is 0 Å². The van der Waals surface area contributed by atoms with E-state index in [9.17, 15) is 14.4 Å². The first kappa shape index (κ1) is 21.1. The highest BCUT2D eigenvalue weighted by molar-refractivity contribution is 5.94. The molecule has 3 rings (SSSR count). The summed E-state index contributed by atoms with van der Waals surface area (Å²) in [6, 6.07) is 7.72. The van der Waals surface area contributed by atoms with E-state index in [1.165, 1.54) is 0 Å². The minimum atomic E-state index is -0.0870. The predicted octanol–water partition coefficient (Wildman–Crippen LogP) is 2.34. The Kier molecular flexibility index (Phi) is 7.49. The molecule has 2 fully saturated rings. The van der Waals surface area contributed by atoms with Gasteiger partial charge in [-0.2, -0.15) is 0 Å². The second-order valence-corrected chi connectivity index (χ2v) is 7.84. The highest BCUT2D eigenvalue weighted by Crippen LogP contribution is 2.27. The zero-order chi connectivity index (χ0) is 20.6. The molecule has 0 bridgehead atoms. The summed E-state index contributed by atoms with van der Waals surface area (Å²) >= 11 is 0. The molecule has 0 radical (unpaired) electrons. The number of urea groups is 1. The summed E-state index contributed by atoms with van der Waals surface area (Å²) in [5, 5.41) is 5.83. The van der Waals surface area contributed by atoms with Gasteiger partial charge in [-0.25, -0.2) is 4.79 Å². The van der Waals surface area contributed by atoms with Crippen LogP contribution in [0.1, 0.15) is 60.9 Å². The summed E-state index contributed by atoms with van der Waals surface area (Å²) in [5.74, 6) is 0.384. The molecule has 7 nitrogen and oxygen atoms in total. The molecular formula is C22H32N4O3. The van der Waals surface area contributed by atoms with E-state index in [1.54, 1.807) is 0 Å². The Hall–Kier alpha value is -2.57. The number of nitrogens with one attached hydrogen (secondary N) is 2. The molecular weight excluding hydrogens is 368 g/mol. The fourth-order valence-corrected chi connectivity index (χ4v) is 4.14. The van der Waals surface area contributed by atoms with Crippen molar-refractivity contribution in [3.63, 3.8) is 0 Å². The van der Waals surface area contributed by atoms with Gasteiger partial charge in [-0.1, -0.05) is 12.1 Å². The molecule has 29 heavy (non-hydrogen) atoms. The maximum absolute atomic E-state index is 12.5. The highest BCUT2D eigenvalue weighted by atomic mass is 16.2. The monoisotopic (exact) mass is 400 g/mol. The minimum Gasteiger partial charge on any atom is -0.352 e. The van der Waals surface area contributed by atoms with E-state index in [0.717, 1.165) is 44.3 Å². The SMILES string of the molecule is CCNC(=O)N1CCC[C@H](c2cccc(C(=O)NCCCN3CCCC3=O)c2)C1. The first-order valence-electron chi connectivity index (χ1n) is 10.8. The standard InChI is InChI=1S/C22H32N4O3/c1-2-23-22(29)26-13-4-9-19(16-26)17-7-3-8-18(15-17)21(28)24-11-6-14-25-12-5-10-20(25)27/h3,7-8,15,19H,2,4-6,9-14,16H2,1H3,(H,23,29)(H,24,28)/t19-/m0/s1. The minimum absolute atomic E-state index is 0.0115. The van der Waals surface area contributed by atoms with Gasteiger partial charge in [-0.3, -0.25) is 9.59 Å². The number of hydrogen-bond donors (Lipinski definition) is 2. The first-order valence-corrected chi connectivity index (χ1v) is 10.8. The van der Waals surface area contributed by atoms with Gasteiger partial charge in [-0.05, 0) is 50.3 Å². The fourth-order valence-electron chi connectivity index (χ4n) is 4.14. The third-order valence-corrected chi connectivity index (χ3v) is 5.72. The third kappa shape index (κ3) is 5.71. The summed E-state index contributed by atoms with van der Waals surface area (Å²) in [4.78, 5) is 40.0. The molecule has 0 spiro atoms. The van der Waals surface area contributed by atoms with Gasteiger partial charge >= 0.3 is 6.03 Å². The lowest BCUT2D eigenvalue weighted by Gasteiger charge is -2.33. The zero-order valence-corrected chi connectivity index (χ0v) is 17.3. The van der Waals surface area contributed by atoms with Crippen molar-refractivity contribution in [2.24, 2.45) is 0 Å². The lowest BCUT2D eigenvalue weighted by atomic mass is 9.89. The first-order chi connectivity index (χ1) is 14.1. The summed E-state index contributed by atoms with van der Waals surface area (Å²) < 4.78 is 0. The summed E-state index contributed by atoms with van der Waals surface area (Å²) in [6.45, 7) is 6.11. The number of piperidine rings is 1. The predicted molar refractivity (Wildman–Crippen MR) is 112 cm³/mol. The maximum Gasteiger partial charge on any atom is 0.317 e. The molecule has 0 aliphatic carbocycles. The summed E-state index contributed by atoms with van der Waals surface area (Å²) in [5.41, 5.74) is 1.75. The quantitative estimate of drug-likeness (QED) is 0.690. The van der Waals surface area contributed by atoms with Crippen LogP contribution in [-0.4, -0.2) is 66.9 Å². The summed E-state index contributed by atoms with van der Waals surface area (Å²) in [7, 11) is 0. The Morgan fingerprint density at radius 2 is 2.03 bits per heavy atom. The second kappa shape index (κ2) is 10.3. The topological polar surface area (TPSA) is 81.8 Å². The molecule has 2 heterocycles. The normalized spacial score (nSPS) is 19.3. The van der Waals surface area contributed by atoms with E-state index >= 15 is 0 Å². The molecule has 2 N–H and O–H groups in total. The zero-order valence-electron chi connectivity index (χ0n) is 17.3. The molecule has 2 aliphatic heterocycles. The number of rotatable bonds is 7. The van der Waals surface area contributed by atoms with E-state index in [0.29, 0.717) is 38.2 Å². The molecule has 0 saturated carbocycles. The number of likely N-dealkylation sites (tertiary alicyclic amines) is 2. The lowest BCUT2D eigenvalue weighted by Crippen LogP contribution is -2.44. The van der Waals surface area contributed by atoms with Crippen molar-refractivity contribution < 1.29 is 14.4 Å². The largest absolute Gasteiger partial charge is 0.352 e. The van der Waals surface area contributed by atoms with Crippen LogP contribution in [-0.2, 0) is 4.79 Å². The van der Waals surface area contributed by atoms with Gasteiger partial charge in [0.15, 0.2) is 0 Å². The van der Waals surface area contributed by atoms with Gasteiger partial charge in [0, 0.05) is 57.2 Å². The molecule has 0 aromatic heterocycles. The summed E-state index contributed by atoms with van der Waals surface area (Å²) in [6.07, 6.45) is 4.34. The van der Waals surface area contributed by atoms with Crippen LogP contribution in [0.2, 0.25) is 0 Å². The van der Waals surface area contributed by atoms with E-state index in [2.05, 4.69) is 10.6 Å². The van der Waals surface area contributed by atoms with Crippen molar-refractivity contribution in [1.29, 1.82) is 0 Å². The molecule has 2 saturated heterocycles. The molecule has 4 amide bonds. The fraction of sp³-hybridized carbons (Fsp3) is 0.591. The van der Waals surface area contributed by atoms with Gasteiger partial charge in [0.1, 0.15) is 0 Å². The van der Waals surface area contributed by atoms with Crippen LogP contribution in [0.15, 0.2) is 24.3 Å². The number of carbonyl (C=O) groups excluding carboxylic acids is 3. The average molecular weight is 401 g/mol. The molecule has 1 aromatic rings. The van der Waals surface area contributed by atoms with Crippen LogP contribution in [0.3, 0.4) is 0 Å². The van der Waals surface area contributed by atoms with Gasteiger partial charge in [-0.15, -0.1) is 0 Å². The molecule has 1 aromatic carbocycles. The Morgan fingerprint density at radius 3 is 2.79 bits per heavy atom.